The van der Waals surface area contributed by atoms with Crippen LogP contribution >= 0.6 is 0 Å². The highest BCUT2D eigenvalue weighted by Crippen LogP contribution is 2.43. The summed E-state index contributed by atoms with van der Waals surface area (Å²) >= 11 is 0. The minimum absolute atomic E-state index is 0.0961. The van der Waals surface area contributed by atoms with Gasteiger partial charge in [0, 0.05) is 11.1 Å². The third-order valence-corrected chi connectivity index (χ3v) is 3.21. The van der Waals surface area contributed by atoms with Gasteiger partial charge in [-0.1, -0.05) is 6.08 Å². The Labute approximate surface area is 101 Å². The topological polar surface area (TPSA) is 49.7 Å². The Bertz CT molecular complexity index is 444. The molecule has 92 valence electrons. The molecular weight excluding hydrogens is 216 g/mol. The van der Waals surface area contributed by atoms with Gasteiger partial charge >= 0.3 is 0 Å². The quantitative estimate of drug-likeness (QED) is 0.789. The Kier molecular flexibility index (Phi) is 2.87. The first-order valence-electron chi connectivity index (χ1n) is 5.75. The lowest BCUT2D eigenvalue weighted by Crippen LogP contribution is -2.29. The zero-order valence-corrected chi connectivity index (χ0v) is 10.2. The van der Waals surface area contributed by atoms with Gasteiger partial charge in [0.1, 0.15) is 11.5 Å². The van der Waals surface area contributed by atoms with E-state index in [4.69, 9.17) is 4.74 Å². The van der Waals surface area contributed by atoms with Crippen LogP contribution in [0.15, 0.2) is 24.8 Å². The van der Waals surface area contributed by atoms with E-state index in [1.54, 1.807) is 26.0 Å². The zero-order chi connectivity index (χ0) is 12.6. The van der Waals surface area contributed by atoms with Crippen LogP contribution in [0.25, 0.3) is 0 Å². The lowest BCUT2D eigenvalue weighted by molar-refractivity contribution is 0.0422. The van der Waals surface area contributed by atoms with Crippen LogP contribution in [-0.4, -0.2) is 22.4 Å². The predicted octanol–water partition coefficient (Wildman–Crippen LogP) is 2.37. The van der Waals surface area contributed by atoms with Crippen molar-refractivity contribution in [3.05, 3.63) is 35.9 Å². The average molecular weight is 234 g/mol. The lowest BCUT2D eigenvalue weighted by Gasteiger charge is -2.24. The third-order valence-electron chi connectivity index (χ3n) is 3.21. The van der Waals surface area contributed by atoms with E-state index in [9.17, 15) is 10.2 Å². The number of ether oxygens (including phenoxy) is 1. The zero-order valence-electron chi connectivity index (χ0n) is 10.2. The van der Waals surface area contributed by atoms with Crippen molar-refractivity contribution in [2.24, 2.45) is 0 Å². The molecule has 2 N–H and O–H groups in total. The fourth-order valence-electron chi connectivity index (χ4n) is 2.19. The Hall–Kier alpha value is -1.48. The van der Waals surface area contributed by atoms with Crippen molar-refractivity contribution in [3.8, 4) is 11.5 Å². The van der Waals surface area contributed by atoms with Crippen LogP contribution in [0, 0.1) is 0 Å². The van der Waals surface area contributed by atoms with Gasteiger partial charge in [0.05, 0.1) is 18.1 Å². The molecule has 1 atom stereocenters. The molecule has 0 amide bonds. The van der Waals surface area contributed by atoms with E-state index < -0.39 is 5.60 Å². The molecule has 0 saturated carbocycles. The molecule has 0 spiro atoms. The Morgan fingerprint density at radius 3 is 2.82 bits per heavy atom. The molecule has 0 unspecified atom stereocenters. The fourth-order valence-corrected chi connectivity index (χ4v) is 2.19. The Balaban J connectivity index is 2.42. The van der Waals surface area contributed by atoms with E-state index in [2.05, 4.69) is 6.58 Å². The van der Waals surface area contributed by atoms with Gasteiger partial charge in [-0.3, -0.25) is 0 Å². The Morgan fingerprint density at radius 1 is 1.53 bits per heavy atom. The molecule has 3 heteroatoms. The molecule has 0 bridgehead atoms. The van der Waals surface area contributed by atoms with Gasteiger partial charge in [-0.05, 0) is 32.4 Å². The van der Waals surface area contributed by atoms with E-state index in [1.807, 2.05) is 6.07 Å². The van der Waals surface area contributed by atoms with Crippen molar-refractivity contribution < 1.29 is 14.9 Å². The molecule has 1 aromatic rings. The number of benzene rings is 1. The van der Waals surface area contributed by atoms with E-state index in [-0.39, 0.29) is 11.7 Å². The van der Waals surface area contributed by atoms with Gasteiger partial charge in [-0.15, -0.1) is 6.58 Å². The van der Waals surface area contributed by atoms with Crippen LogP contribution in [0.1, 0.15) is 30.9 Å². The van der Waals surface area contributed by atoms with Gasteiger partial charge in [0.25, 0.3) is 0 Å². The summed E-state index contributed by atoms with van der Waals surface area (Å²) in [5, 5.41) is 20.0. The van der Waals surface area contributed by atoms with Crippen molar-refractivity contribution in [3.63, 3.8) is 0 Å². The Morgan fingerprint density at radius 2 is 2.24 bits per heavy atom. The minimum Gasteiger partial charge on any atom is -0.508 e. The fraction of sp³-hybridized carbons (Fsp3) is 0.429. The molecule has 2 rings (SSSR count). The summed E-state index contributed by atoms with van der Waals surface area (Å²) < 4.78 is 5.57. The second kappa shape index (κ2) is 4.08. The standard InChI is InChI=1S/C14H18O3/c1-4-5-9-6-13-10(7-12(9)15)11(8-17-13)14(2,3)16/h4,6-7,11,15-16H,1,5,8H2,2-3H3/t11-/m1/s1. The summed E-state index contributed by atoms with van der Waals surface area (Å²) in [5.41, 5.74) is 0.829. The third kappa shape index (κ3) is 2.15. The maximum Gasteiger partial charge on any atom is 0.123 e. The minimum atomic E-state index is -0.850. The van der Waals surface area contributed by atoms with Gasteiger partial charge in [-0.25, -0.2) is 0 Å². The molecule has 1 aromatic carbocycles. The van der Waals surface area contributed by atoms with Crippen LogP contribution in [0.2, 0.25) is 0 Å². The monoisotopic (exact) mass is 234 g/mol. The van der Waals surface area contributed by atoms with Crippen molar-refractivity contribution in [2.75, 3.05) is 6.61 Å². The summed E-state index contributed by atoms with van der Waals surface area (Å²) in [4.78, 5) is 0. The molecule has 3 nitrogen and oxygen atoms in total. The molecule has 1 aliphatic heterocycles. The van der Waals surface area contributed by atoms with Crippen LogP contribution in [0.5, 0.6) is 11.5 Å². The van der Waals surface area contributed by atoms with Crippen molar-refractivity contribution in [2.45, 2.75) is 31.8 Å². The van der Waals surface area contributed by atoms with Crippen LogP contribution in [0.4, 0.5) is 0 Å². The SMILES string of the molecule is C=CCc1cc2c(cc1O)[C@H](C(C)(C)O)CO2. The number of allylic oxidation sites excluding steroid dienone is 1. The molecule has 0 aliphatic carbocycles. The number of aromatic hydroxyl groups is 1. The second-order valence-electron chi connectivity index (χ2n) is 5.03. The van der Waals surface area contributed by atoms with E-state index >= 15 is 0 Å². The first kappa shape index (κ1) is 12.0. The maximum absolute atomic E-state index is 10.0. The summed E-state index contributed by atoms with van der Waals surface area (Å²) in [5.74, 6) is 0.899. The average Bonchev–Trinajstić information content (AvgIpc) is 2.61. The number of hydrogen-bond donors (Lipinski definition) is 2. The van der Waals surface area contributed by atoms with E-state index in [0.717, 1.165) is 16.9 Å². The first-order valence-corrected chi connectivity index (χ1v) is 5.75. The highest BCUT2D eigenvalue weighted by atomic mass is 16.5. The molecule has 1 heterocycles. The molecule has 0 radical (unpaired) electrons. The number of aliphatic hydroxyl groups is 1. The lowest BCUT2D eigenvalue weighted by atomic mass is 9.86. The van der Waals surface area contributed by atoms with Gasteiger partial charge in [0.2, 0.25) is 0 Å². The summed E-state index contributed by atoms with van der Waals surface area (Å²) in [6, 6.07) is 3.53. The number of fused-ring (bicyclic) bond motifs is 1. The van der Waals surface area contributed by atoms with E-state index in [0.29, 0.717) is 13.0 Å². The molecule has 0 saturated heterocycles. The van der Waals surface area contributed by atoms with Gasteiger partial charge < -0.3 is 14.9 Å². The van der Waals surface area contributed by atoms with Crippen LogP contribution in [0.3, 0.4) is 0 Å². The summed E-state index contributed by atoms with van der Waals surface area (Å²) in [7, 11) is 0. The first-order chi connectivity index (χ1) is 7.93. The molecule has 1 aliphatic rings. The van der Waals surface area contributed by atoms with Gasteiger partial charge in [0.15, 0.2) is 0 Å². The van der Waals surface area contributed by atoms with E-state index in [1.165, 1.54) is 0 Å². The normalized spacial score (nSPS) is 18.6. The highest BCUT2D eigenvalue weighted by molar-refractivity contribution is 5.50. The van der Waals surface area contributed by atoms with Crippen LogP contribution < -0.4 is 4.74 Å². The number of hydrogen-bond acceptors (Lipinski definition) is 3. The number of rotatable bonds is 3. The van der Waals surface area contributed by atoms with Crippen molar-refractivity contribution in [1.29, 1.82) is 0 Å². The maximum atomic E-state index is 10.0. The number of phenolic OH excluding ortho intramolecular Hbond substituents is 1. The van der Waals surface area contributed by atoms with Crippen LogP contribution in [-0.2, 0) is 6.42 Å². The highest BCUT2D eigenvalue weighted by Gasteiger charge is 2.36. The van der Waals surface area contributed by atoms with Gasteiger partial charge in [-0.2, -0.15) is 0 Å². The molecule has 0 fully saturated rings. The summed E-state index contributed by atoms with van der Waals surface area (Å²) in [6.07, 6.45) is 2.35. The van der Waals surface area contributed by atoms with Crippen molar-refractivity contribution >= 4 is 0 Å². The number of phenols is 1. The predicted molar refractivity (Wildman–Crippen MR) is 66.5 cm³/mol. The molecule has 17 heavy (non-hydrogen) atoms. The molecule has 0 aromatic heterocycles. The molecular formula is C14H18O3. The summed E-state index contributed by atoms with van der Waals surface area (Å²) in [6.45, 7) is 7.62. The largest absolute Gasteiger partial charge is 0.508 e. The second-order valence-corrected chi connectivity index (χ2v) is 5.03. The van der Waals surface area contributed by atoms with Crippen molar-refractivity contribution in [1.82, 2.24) is 0 Å². The smallest absolute Gasteiger partial charge is 0.123 e.